The number of hydrogen-bond donors (Lipinski definition) is 0. The predicted molar refractivity (Wildman–Crippen MR) is 92.4 cm³/mol. The van der Waals surface area contributed by atoms with E-state index in [-0.39, 0.29) is 0 Å². The Balaban J connectivity index is 4.30. The zero-order chi connectivity index (χ0) is 15.3. The first-order chi connectivity index (χ1) is 8.29. The van der Waals surface area contributed by atoms with Crippen LogP contribution in [0.3, 0.4) is 0 Å². The summed E-state index contributed by atoms with van der Waals surface area (Å²) in [6, 6.07) is 0. The third-order valence-corrected chi connectivity index (χ3v) is 11.9. The third kappa shape index (κ3) is 15.0. The van der Waals surface area contributed by atoms with E-state index in [2.05, 4.69) is 62.3 Å². The van der Waals surface area contributed by atoms with Crippen molar-refractivity contribution in [1.82, 2.24) is 0 Å². The summed E-state index contributed by atoms with van der Waals surface area (Å²) in [4.78, 5) is 0. The van der Waals surface area contributed by atoms with Gasteiger partial charge in [0.15, 0.2) is 0 Å². The van der Waals surface area contributed by atoms with Crippen molar-refractivity contribution in [3.63, 3.8) is 0 Å². The van der Waals surface area contributed by atoms with Crippen LogP contribution >= 0.6 is 0 Å². The van der Waals surface area contributed by atoms with Crippen LogP contribution in [0.4, 0.5) is 0 Å². The Morgan fingerprint density at radius 3 is 0.842 bits per heavy atom. The van der Waals surface area contributed by atoms with Crippen molar-refractivity contribution in [2.24, 2.45) is 16.2 Å². The second-order valence-corrected chi connectivity index (χ2v) is 18.5. The van der Waals surface area contributed by atoms with Gasteiger partial charge in [-0.3, -0.25) is 0 Å². The molecular formula is C18H39Sn+. The van der Waals surface area contributed by atoms with Crippen molar-refractivity contribution in [3.05, 3.63) is 0 Å². The molecule has 1 heteroatoms. The van der Waals surface area contributed by atoms with E-state index < -0.39 is 19.8 Å². The molecule has 0 unspecified atom stereocenters. The Kier molecular flexibility index (Phi) is 8.03. The Labute approximate surface area is 130 Å². The molecule has 19 heavy (non-hydrogen) atoms. The molecule has 0 atom stereocenters. The first-order valence-electron chi connectivity index (χ1n) is 8.12. The molecule has 0 fully saturated rings. The standard InChI is InChI=1S/3C6H13.Sn/c3*1-5-6(2,3)4;/h3*1,5H2,2-4H3;/q;;;+1. The second kappa shape index (κ2) is 7.71. The summed E-state index contributed by atoms with van der Waals surface area (Å²) in [5.41, 5.74) is 1.61. The average molecular weight is 374 g/mol. The quantitative estimate of drug-likeness (QED) is 0.449. The van der Waals surface area contributed by atoms with Crippen LogP contribution in [-0.4, -0.2) is 19.8 Å². The Morgan fingerprint density at radius 1 is 0.474 bits per heavy atom. The third-order valence-electron chi connectivity index (χ3n) is 3.69. The molecule has 0 bridgehead atoms. The van der Waals surface area contributed by atoms with Crippen molar-refractivity contribution >= 4 is 19.8 Å². The van der Waals surface area contributed by atoms with Crippen LogP contribution in [0, 0.1) is 16.2 Å². The van der Waals surface area contributed by atoms with Crippen molar-refractivity contribution in [1.29, 1.82) is 0 Å². The van der Waals surface area contributed by atoms with Gasteiger partial charge in [0, 0.05) is 0 Å². The molecule has 0 N–H and O–H groups in total. The summed E-state index contributed by atoms with van der Waals surface area (Å²) in [6.45, 7) is 21.6. The zero-order valence-corrected chi connectivity index (χ0v) is 18.1. The van der Waals surface area contributed by atoms with E-state index in [1.165, 1.54) is 19.3 Å². The second-order valence-electron chi connectivity index (χ2n) is 9.93. The van der Waals surface area contributed by atoms with Gasteiger partial charge in [-0.1, -0.05) is 0 Å². The maximum absolute atomic E-state index is 2.40. The molecule has 0 aliphatic rings. The summed E-state index contributed by atoms with van der Waals surface area (Å²) in [7, 11) is 0. The van der Waals surface area contributed by atoms with Crippen molar-refractivity contribution in [3.8, 4) is 0 Å². The van der Waals surface area contributed by atoms with Gasteiger partial charge in [0.1, 0.15) is 0 Å². The first kappa shape index (κ1) is 19.8. The normalized spacial score (nSPS) is 13.7. The summed E-state index contributed by atoms with van der Waals surface area (Å²) in [5.74, 6) is 0. The zero-order valence-electron chi connectivity index (χ0n) is 15.2. The average Bonchev–Trinajstić information content (AvgIpc) is 2.11. The molecule has 0 nitrogen and oxygen atoms in total. The number of rotatable bonds is 6. The number of hydrogen-bond acceptors (Lipinski definition) is 0. The van der Waals surface area contributed by atoms with Crippen molar-refractivity contribution < 1.29 is 0 Å². The molecule has 0 aliphatic heterocycles. The van der Waals surface area contributed by atoms with Crippen LogP contribution < -0.4 is 0 Å². The minimum atomic E-state index is -1.14. The fourth-order valence-corrected chi connectivity index (χ4v) is 13.6. The van der Waals surface area contributed by atoms with E-state index in [0.29, 0.717) is 16.2 Å². The molecule has 0 aliphatic carbocycles. The van der Waals surface area contributed by atoms with E-state index in [4.69, 9.17) is 0 Å². The summed E-state index contributed by atoms with van der Waals surface area (Å²) < 4.78 is 4.83. The van der Waals surface area contributed by atoms with E-state index in [1.54, 1.807) is 13.3 Å². The van der Waals surface area contributed by atoms with Gasteiger partial charge < -0.3 is 0 Å². The molecule has 0 saturated heterocycles. The van der Waals surface area contributed by atoms with Crippen LogP contribution in [0.5, 0.6) is 0 Å². The molecule has 0 radical (unpaired) electrons. The summed E-state index contributed by atoms with van der Waals surface area (Å²) in [6.07, 6.45) is 4.36. The molecular weight excluding hydrogens is 335 g/mol. The first-order valence-corrected chi connectivity index (χ1v) is 14.2. The van der Waals surface area contributed by atoms with Crippen LogP contribution in [-0.2, 0) is 0 Å². The molecule has 0 spiro atoms. The molecule has 0 aromatic carbocycles. The Hall–Kier alpha value is 0.799. The van der Waals surface area contributed by atoms with Crippen LogP contribution in [0.15, 0.2) is 0 Å². The van der Waals surface area contributed by atoms with Gasteiger partial charge in [-0.25, -0.2) is 0 Å². The van der Waals surface area contributed by atoms with Crippen LogP contribution in [0.1, 0.15) is 81.6 Å². The molecule has 114 valence electrons. The predicted octanol–water partition coefficient (Wildman–Crippen LogP) is 6.79. The molecule has 0 rings (SSSR count). The Bertz CT molecular complexity index is 191. The van der Waals surface area contributed by atoms with Gasteiger partial charge in [-0.15, -0.1) is 0 Å². The van der Waals surface area contributed by atoms with Gasteiger partial charge in [-0.05, 0) is 0 Å². The van der Waals surface area contributed by atoms with E-state index in [1.807, 2.05) is 0 Å². The van der Waals surface area contributed by atoms with Crippen LogP contribution in [0.2, 0.25) is 13.3 Å². The fourth-order valence-electron chi connectivity index (χ4n) is 2.03. The van der Waals surface area contributed by atoms with Gasteiger partial charge in [0.25, 0.3) is 0 Å². The molecule has 0 amide bonds. The maximum atomic E-state index is 2.40. The molecule has 0 saturated carbocycles. The Morgan fingerprint density at radius 2 is 0.684 bits per heavy atom. The summed E-state index contributed by atoms with van der Waals surface area (Å²) >= 11 is -1.14. The van der Waals surface area contributed by atoms with E-state index in [0.717, 1.165) is 0 Å². The molecule has 0 heterocycles. The topological polar surface area (TPSA) is 0 Å². The van der Waals surface area contributed by atoms with Crippen LogP contribution in [0.25, 0.3) is 0 Å². The SMILES string of the molecule is CC(C)(C)C[CH2][Sn+]([CH2]CC(C)(C)C)[CH2]CC(C)(C)C. The molecule has 0 aromatic heterocycles. The van der Waals surface area contributed by atoms with E-state index >= 15 is 0 Å². The van der Waals surface area contributed by atoms with Crippen molar-refractivity contribution in [2.45, 2.75) is 94.9 Å². The fraction of sp³-hybridized carbons (Fsp3) is 1.00. The molecule has 0 aromatic rings. The summed E-state index contributed by atoms with van der Waals surface area (Å²) in [5, 5.41) is 0. The van der Waals surface area contributed by atoms with E-state index in [9.17, 15) is 0 Å². The van der Waals surface area contributed by atoms with Crippen molar-refractivity contribution in [2.75, 3.05) is 0 Å². The minimum absolute atomic E-state index is 0.537. The monoisotopic (exact) mass is 375 g/mol. The van der Waals surface area contributed by atoms with Gasteiger partial charge in [0.2, 0.25) is 0 Å². The van der Waals surface area contributed by atoms with Gasteiger partial charge in [-0.2, -0.15) is 0 Å². The van der Waals surface area contributed by atoms with Gasteiger partial charge >= 0.3 is 131 Å². The van der Waals surface area contributed by atoms with Gasteiger partial charge in [0.05, 0.1) is 0 Å².